The van der Waals surface area contributed by atoms with Gasteiger partial charge in [0.1, 0.15) is 5.57 Å². The van der Waals surface area contributed by atoms with E-state index in [0.29, 0.717) is 19.3 Å². The van der Waals surface area contributed by atoms with Crippen molar-refractivity contribution in [3.05, 3.63) is 11.1 Å². The van der Waals surface area contributed by atoms with E-state index < -0.39 is 14.3 Å². The molecule has 22 heavy (non-hydrogen) atoms. The second-order valence-corrected chi connectivity index (χ2v) is 13.2. The number of carbonyl (C=O) groups is 2. The molecule has 0 aromatic carbocycles. The molecule has 5 heteroatoms. The van der Waals surface area contributed by atoms with Gasteiger partial charge in [-0.15, -0.1) is 0 Å². The van der Waals surface area contributed by atoms with Gasteiger partial charge in [0.05, 0.1) is 6.10 Å². The molecule has 2 atom stereocenters. The minimum atomic E-state index is -1.91. The fourth-order valence-corrected chi connectivity index (χ4v) is 4.88. The summed E-state index contributed by atoms with van der Waals surface area (Å²) in [7, 11) is -1.91. The van der Waals surface area contributed by atoms with Gasteiger partial charge in [-0.05, 0) is 43.0 Å². The van der Waals surface area contributed by atoms with E-state index in [1.165, 1.54) is 0 Å². The average Bonchev–Trinajstić information content (AvgIpc) is 2.65. The zero-order valence-corrected chi connectivity index (χ0v) is 15.6. The molecule has 0 heterocycles. The number of Topliss-reactive ketones (excluding diaryl/α,β-unsaturated/α-hetero) is 1. The van der Waals surface area contributed by atoms with Crippen LogP contribution in [0.15, 0.2) is 11.1 Å². The Labute approximate surface area is 134 Å². The van der Waals surface area contributed by atoms with Crippen LogP contribution in [0.2, 0.25) is 18.1 Å². The zero-order chi connectivity index (χ0) is 16.9. The lowest BCUT2D eigenvalue weighted by atomic mass is 9.71. The second kappa shape index (κ2) is 5.30. The van der Waals surface area contributed by atoms with Crippen LogP contribution in [0.25, 0.3) is 0 Å². The first-order valence-corrected chi connectivity index (χ1v) is 11.0. The lowest BCUT2D eigenvalue weighted by molar-refractivity contribution is -0.135. The van der Waals surface area contributed by atoms with Crippen molar-refractivity contribution >= 4 is 20.1 Å². The molecule has 1 saturated carbocycles. The Morgan fingerprint density at radius 2 is 1.91 bits per heavy atom. The highest BCUT2D eigenvalue weighted by atomic mass is 28.4. The van der Waals surface area contributed by atoms with Gasteiger partial charge < -0.3 is 9.53 Å². The summed E-state index contributed by atoms with van der Waals surface area (Å²) in [6.45, 7) is 13.2. The molecular weight excluding hydrogens is 296 g/mol. The van der Waals surface area contributed by atoms with E-state index >= 15 is 0 Å². The van der Waals surface area contributed by atoms with Gasteiger partial charge in [0, 0.05) is 11.8 Å². The maximum atomic E-state index is 12.0. The molecule has 1 fully saturated rings. The van der Waals surface area contributed by atoms with Crippen LogP contribution in [0.1, 0.15) is 53.4 Å². The number of hydrogen-bond acceptors (Lipinski definition) is 3. The molecular formula is C17H28O4Si. The minimum absolute atomic E-state index is 0.0332. The predicted octanol–water partition coefficient (Wildman–Crippen LogP) is 3.92. The van der Waals surface area contributed by atoms with E-state index in [9.17, 15) is 14.7 Å². The van der Waals surface area contributed by atoms with Crippen molar-refractivity contribution in [1.29, 1.82) is 0 Å². The molecule has 1 N–H and O–H groups in total. The lowest BCUT2D eigenvalue weighted by Crippen LogP contribution is -2.48. The van der Waals surface area contributed by atoms with E-state index in [1.54, 1.807) is 0 Å². The van der Waals surface area contributed by atoms with Crippen LogP contribution >= 0.6 is 0 Å². The van der Waals surface area contributed by atoms with Crippen LogP contribution in [-0.4, -0.2) is 31.3 Å². The fourth-order valence-electron chi connectivity index (χ4n) is 3.43. The summed E-state index contributed by atoms with van der Waals surface area (Å²) in [5.74, 6) is -1.29. The Balaban J connectivity index is 2.37. The third kappa shape index (κ3) is 2.69. The summed E-state index contributed by atoms with van der Waals surface area (Å²) in [4.78, 5) is 23.5. The molecule has 0 saturated heterocycles. The standard InChI is InChI=1S/C17H28O4Si/c1-16(2,3)22(5,6)21-13-8-7-11-14(15(19)20)12(18)9-10-17(11,13)4/h13H,7-10H2,1-6H3,(H,19,20)/t13?,17-/m0/s1. The summed E-state index contributed by atoms with van der Waals surface area (Å²) in [5, 5.41) is 9.53. The zero-order valence-electron chi connectivity index (χ0n) is 14.6. The SMILES string of the molecule is CC(C)(C)[Si](C)(C)OC1CCC2=C(C(=O)O)C(=O)CC[C@@]21C. The number of carbonyl (C=O) groups excluding carboxylic acids is 1. The van der Waals surface area contributed by atoms with E-state index in [4.69, 9.17) is 4.43 Å². The van der Waals surface area contributed by atoms with Crippen molar-refractivity contribution in [1.82, 2.24) is 0 Å². The van der Waals surface area contributed by atoms with Crippen LogP contribution in [0.4, 0.5) is 0 Å². The molecule has 4 nitrogen and oxygen atoms in total. The molecule has 0 aromatic rings. The first-order valence-electron chi connectivity index (χ1n) is 8.08. The highest BCUT2D eigenvalue weighted by Gasteiger charge is 2.52. The third-order valence-electron chi connectivity index (χ3n) is 5.97. The fraction of sp³-hybridized carbons (Fsp3) is 0.765. The quantitative estimate of drug-likeness (QED) is 0.631. The number of ketones is 1. The molecule has 0 amide bonds. The highest BCUT2D eigenvalue weighted by molar-refractivity contribution is 6.74. The van der Waals surface area contributed by atoms with Crippen LogP contribution < -0.4 is 0 Å². The highest BCUT2D eigenvalue weighted by Crippen LogP contribution is 2.53. The Bertz CT molecular complexity index is 541. The first kappa shape index (κ1) is 17.4. The topological polar surface area (TPSA) is 63.6 Å². The molecule has 0 bridgehead atoms. The van der Waals surface area contributed by atoms with Crippen molar-refractivity contribution in [2.75, 3.05) is 0 Å². The van der Waals surface area contributed by atoms with Gasteiger partial charge in [0.2, 0.25) is 0 Å². The van der Waals surface area contributed by atoms with Gasteiger partial charge in [-0.25, -0.2) is 4.79 Å². The van der Waals surface area contributed by atoms with Crippen LogP contribution in [0, 0.1) is 5.41 Å². The van der Waals surface area contributed by atoms with Crippen LogP contribution in [0.5, 0.6) is 0 Å². The van der Waals surface area contributed by atoms with E-state index in [1.807, 2.05) is 0 Å². The summed E-state index contributed by atoms with van der Waals surface area (Å²) in [5.41, 5.74) is 0.562. The lowest BCUT2D eigenvalue weighted by Gasteiger charge is -2.44. The van der Waals surface area contributed by atoms with Crippen molar-refractivity contribution < 1.29 is 19.1 Å². The normalized spacial score (nSPS) is 29.7. The van der Waals surface area contributed by atoms with Crippen LogP contribution in [0.3, 0.4) is 0 Å². The molecule has 1 unspecified atom stereocenters. The molecule has 2 aliphatic rings. The van der Waals surface area contributed by atoms with Gasteiger partial charge in [-0.1, -0.05) is 27.7 Å². The summed E-state index contributed by atoms with van der Waals surface area (Å²) < 4.78 is 6.60. The summed E-state index contributed by atoms with van der Waals surface area (Å²) in [6.07, 6.45) is 2.55. The Morgan fingerprint density at radius 1 is 1.32 bits per heavy atom. The monoisotopic (exact) mass is 324 g/mol. The molecule has 2 aliphatic carbocycles. The Kier molecular flexibility index (Phi) is 4.20. The summed E-state index contributed by atoms with van der Waals surface area (Å²) in [6, 6.07) is 0. The predicted molar refractivity (Wildman–Crippen MR) is 88.3 cm³/mol. The number of carboxylic acids is 1. The number of carboxylic acid groups (broad SMARTS) is 1. The minimum Gasteiger partial charge on any atom is -0.478 e. The van der Waals surface area contributed by atoms with Crippen molar-refractivity contribution in [2.24, 2.45) is 5.41 Å². The van der Waals surface area contributed by atoms with Gasteiger partial charge >= 0.3 is 5.97 Å². The molecule has 0 aromatic heterocycles. The molecule has 0 spiro atoms. The third-order valence-corrected chi connectivity index (χ3v) is 10.5. The molecule has 2 rings (SSSR count). The summed E-state index contributed by atoms with van der Waals surface area (Å²) >= 11 is 0. The Morgan fingerprint density at radius 3 is 2.41 bits per heavy atom. The van der Waals surface area contributed by atoms with E-state index in [2.05, 4.69) is 40.8 Å². The van der Waals surface area contributed by atoms with Crippen LogP contribution in [-0.2, 0) is 14.0 Å². The number of aliphatic carboxylic acids is 1. The Hall–Kier alpha value is -0.943. The van der Waals surface area contributed by atoms with Gasteiger partial charge in [-0.3, -0.25) is 4.79 Å². The van der Waals surface area contributed by atoms with Gasteiger partial charge in [0.25, 0.3) is 0 Å². The smallest absolute Gasteiger partial charge is 0.339 e. The maximum absolute atomic E-state index is 12.0. The number of fused-ring (bicyclic) bond motifs is 1. The number of hydrogen-bond donors (Lipinski definition) is 1. The van der Waals surface area contributed by atoms with Crippen molar-refractivity contribution in [2.45, 2.75) is 77.6 Å². The van der Waals surface area contributed by atoms with E-state index in [-0.39, 0.29) is 27.9 Å². The molecule has 0 aliphatic heterocycles. The maximum Gasteiger partial charge on any atom is 0.339 e. The molecule has 0 radical (unpaired) electrons. The van der Waals surface area contributed by atoms with E-state index in [0.717, 1.165) is 12.0 Å². The van der Waals surface area contributed by atoms with Crippen molar-refractivity contribution in [3.8, 4) is 0 Å². The molecule has 124 valence electrons. The largest absolute Gasteiger partial charge is 0.478 e. The first-order chi connectivity index (χ1) is 9.90. The van der Waals surface area contributed by atoms with Gasteiger partial charge in [-0.2, -0.15) is 0 Å². The van der Waals surface area contributed by atoms with Gasteiger partial charge in [0.15, 0.2) is 14.1 Å². The number of rotatable bonds is 3. The average molecular weight is 324 g/mol. The van der Waals surface area contributed by atoms with Crippen molar-refractivity contribution in [3.63, 3.8) is 0 Å². The second-order valence-electron chi connectivity index (χ2n) is 8.40.